The molecule has 9 nitrogen and oxygen atoms in total. The van der Waals surface area contributed by atoms with E-state index in [-0.39, 0.29) is 24.1 Å². The van der Waals surface area contributed by atoms with Crippen LogP contribution in [0.15, 0.2) is 47.1 Å². The summed E-state index contributed by atoms with van der Waals surface area (Å²) in [5, 5.41) is 8.84. The predicted molar refractivity (Wildman–Crippen MR) is 115 cm³/mol. The van der Waals surface area contributed by atoms with E-state index in [9.17, 15) is 18.8 Å². The first kappa shape index (κ1) is 22.3. The number of urea groups is 1. The highest BCUT2D eigenvalue weighted by Crippen LogP contribution is 2.34. The zero-order valence-electron chi connectivity index (χ0n) is 17.6. The van der Waals surface area contributed by atoms with E-state index in [1.807, 2.05) is 0 Å². The van der Waals surface area contributed by atoms with Gasteiger partial charge in [0.05, 0.1) is 42.2 Å². The van der Waals surface area contributed by atoms with Crippen LogP contribution in [0.2, 0.25) is 0 Å². The van der Waals surface area contributed by atoms with E-state index in [0.717, 1.165) is 4.90 Å². The summed E-state index contributed by atoms with van der Waals surface area (Å²) >= 11 is 1.27. The van der Waals surface area contributed by atoms with Gasteiger partial charge < -0.3 is 14.6 Å². The lowest BCUT2D eigenvalue weighted by atomic mass is 9.96. The van der Waals surface area contributed by atoms with Crippen molar-refractivity contribution in [2.45, 2.75) is 24.3 Å². The molecule has 1 aromatic carbocycles. The van der Waals surface area contributed by atoms with Crippen LogP contribution < -0.4 is 16.0 Å². The van der Waals surface area contributed by atoms with Gasteiger partial charge in [-0.3, -0.25) is 25.1 Å². The lowest BCUT2D eigenvalue weighted by Gasteiger charge is -2.50. The topological polar surface area (TPSA) is 107 Å². The monoisotopic (exact) mass is 461 g/mol. The lowest BCUT2D eigenvalue weighted by molar-refractivity contribution is -0.140. The number of halogens is 1. The molecule has 2 aliphatic rings. The van der Waals surface area contributed by atoms with Gasteiger partial charge in [0.2, 0.25) is 11.8 Å². The number of carbonyl (C=O) groups excluding carboxylic acids is 3. The minimum absolute atomic E-state index is 0.0894. The highest BCUT2D eigenvalue weighted by molar-refractivity contribution is 8.00. The summed E-state index contributed by atoms with van der Waals surface area (Å²) in [6.45, 7) is 0.267. The fourth-order valence-electron chi connectivity index (χ4n) is 3.89. The quantitative estimate of drug-likeness (QED) is 0.598. The van der Waals surface area contributed by atoms with Crippen molar-refractivity contribution in [3.05, 3.63) is 59.8 Å². The second-order valence-electron chi connectivity index (χ2n) is 7.67. The van der Waals surface area contributed by atoms with Gasteiger partial charge in [-0.2, -0.15) is 0 Å². The van der Waals surface area contributed by atoms with Gasteiger partial charge in [-0.15, -0.1) is 11.8 Å². The predicted octanol–water partition coefficient (Wildman–Crippen LogP) is 1.45. The van der Waals surface area contributed by atoms with Gasteiger partial charge in [-0.1, -0.05) is 12.1 Å². The molecule has 3 N–H and O–H groups in total. The first-order valence-electron chi connectivity index (χ1n) is 10.1. The first-order valence-corrected chi connectivity index (χ1v) is 11.1. The first-order chi connectivity index (χ1) is 15.3. The highest BCUT2D eigenvalue weighted by Gasteiger charge is 2.51. The fraction of sp³-hybridized carbons (Fsp3) is 0.381. The van der Waals surface area contributed by atoms with Crippen molar-refractivity contribution in [2.75, 3.05) is 19.8 Å². The Bertz CT molecular complexity index is 1000. The highest BCUT2D eigenvalue weighted by atomic mass is 32.2. The maximum atomic E-state index is 13.8. The van der Waals surface area contributed by atoms with Crippen molar-refractivity contribution in [1.82, 2.24) is 25.8 Å². The third kappa shape index (κ3) is 4.50. The Morgan fingerprint density at radius 3 is 2.75 bits per heavy atom. The van der Waals surface area contributed by atoms with Gasteiger partial charge in [0.25, 0.3) is 0 Å². The number of thioether (sulfide) groups is 1. The molecule has 2 aromatic rings. The van der Waals surface area contributed by atoms with Crippen molar-refractivity contribution in [3.8, 4) is 0 Å². The average molecular weight is 462 g/mol. The third-order valence-electron chi connectivity index (χ3n) is 5.57. The molecule has 4 unspecified atom stereocenters. The molecule has 11 heteroatoms. The Morgan fingerprint density at radius 2 is 2.03 bits per heavy atom. The van der Waals surface area contributed by atoms with E-state index >= 15 is 0 Å². The summed E-state index contributed by atoms with van der Waals surface area (Å²) < 4.78 is 19.0. The molecule has 4 atom stereocenters. The number of nitrogens with zero attached hydrogens (tertiary/aromatic N) is 2. The van der Waals surface area contributed by atoms with Crippen LogP contribution in [0.25, 0.3) is 0 Å². The molecule has 0 saturated carbocycles. The lowest BCUT2D eigenvalue weighted by Crippen LogP contribution is -2.72. The zero-order valence-corrected chi connectivity index (χ0v) is 18.4. The van der Waals surface area contributed by atoms with Crippen molar-refractivity contribution < 1.29 is 23.2 Å². The standard InChI is InChI=1S/C21H24FN5O4S/c1-26-18-16(20(29)27(2)21(26)30)19(25-17(24-18)12-5-3-6-13(22)9-12)32-11-15(28)23-10-14-7-4-8-31-14/h3-9,16-19,24-25H,10-11H2,1-2H3,(H,23,28). The number of hydrogen-bond donors (Lipinski definition) is 3. The number of furan rings is 1. The number of imide groups is 1. The van der Waals surface area contributed by atoms with Crippen LogP contribution in [0, 0.1) is 11.7 Å². The SMILES string of the molecule is CN1C(=O)C2C(SCC(=O)NCc3ccco3)NC(c3cccc(F)c3)NC2N(C)C1=O. The molecule has 2 aliphatic heterocycles. The number of nitrogens with one attached hydrogen (secondary N) is 3. The smallest absolute Gasteiger partial charge is 0.327 e. The van der Waals surface area contributed by atoms with Crippen molar-refractivity contribution >= 4 is 29.6 Å². The molecule has 0 radical (unpaired) electrons. The molecule has 0 aliphatic carbocycles. The number of hydrogen-bond acceptors (Lipinski definition) is 7. The minimum atomic E-state index is -0.629. The molecule has 2 fully saturated rings. The van der Waals surface area contributed by atoms with Crippen LogP contribution in [-0.4, -0.2) is 59.0 Å². The van der Waals surface area contributed by atoms with Gasteiger partial charge in [0.1, 0.15) is 11.6 Å². The van der Waals surface area contributed by atoms with Gasteiger partial charge in [0, 0.05) is 14.1 Å². The summed E-state index contributed by atoms with van der Waals surface area (Å²) in [6.07, 6.45) is 0.414. The molecule has 0 bridgehead atoms. The Balaban J connectivity index is 1.51. The molecule has 4 rings (SSSR count). The maximum absolute atomic E-state index is 13.8. The number of rotatable bonds is 6. The number of carbonyl (C=O) groups is 3. The number of fused-ring (bicyclic) bond motifs is 1. The molecule has 2 saturated heterocycles. The molecule has 170 valence electrons. The second-order valence-corrected chi connectivity index (χ2v) is 8.80. The molecule has 0 spiro atoms. The second kappa shape index (κ2) is 9.31. The van der Waals surface area contributed by atoms with E-state index in [1.165, 1.54) is 42.1 Å². The van der Waals surface area contributed by atoms with E-state index < -0.39 is 35.5 Å². The van der Waals surface area contributed by atoms with Gasteiger partial charge in [-0.25, -0.2) is 9.18 Å². The van der Waals surface area contributed by atoms with Crippen LogP contribution in [-0.2, 0) is 16.1 Å². The molecule has 1 aromatic heterocycles. The van der Waals surface area contributed by atoms with Crippen LogP contribution in [0.1, 0.15) is 17.5 Å². The molecular formula is C21H24FN5O4S. The summed E-state index contributed by atoms with van der Waals surface area (Å²) in [5.74, 6) is -0.852. The average Bonchev–Trinajstić information content (AvgIpc) is 3.31. The van der Waals surface area contributed by atoms with Gasteiger partial charge in [0.15, 0.2) is 0 Å². The van der Waals surface area contributed by atoms with E-state index in [2.05, 4.69) is 16.0 Å². The normalized spacial score (nSPS) is 25.6. The van der Waals surface area contributed by atoms with Crippen molar-refractivity contribution in [3.63, 3.8) is 0 Å². The van der Waals surface area contributed by atoms with Gasteiger partial charge >= 0.3 is 6.03 Å². The minimum Gasteiger partial charge on any atom is -0.467 e. The molecule has 4 amide bonds. The molecule has 3 heterocycles. The third-order valence-corrected chi connectivity index (χ3v) is 6.79. The summed E-state index contributed by atoms with van der Waals surface area (Å²) in [6, 6.07) is 9.16. The molecule has 32 heavy (non-hydrogen) atoms. The van der Waals surface area contributed by atoms with Crippen LogP contribution in [0.4, 0.5) is 9.18 Å². The van der Waals surface area contributed by atoms with E-state index in [4.69, 9.17) is 4.42 Å². The summed E-state index contributed by atoms with van der Waals surface area (Å²) in [5.41, 5.74) is 0.628. The van der Waals surface area contributed by atoms with Crippen molar-refractivity contribution in [1.29, 1.82) is 0 Å². The summed E-state index contributed by atoms with van der Waals surface area (Å²) in [4.78, 5) is 40.4. The van der Waals surface area contributed by atoms with E-state index in [0.29, 0.717) is 11.3 Å². The van der Waals surface area contributed by atoms with E-state index in [1.54, 1.807) is 31.3 Å². The Morgan fingerprint density at radius 1 is 1.22 bits per heavy atom. The maximum Gasteiger partial charge on any atom is 0.327 e. The van der Waals surface area contributed by atoms with Crippen LogP contribution in [0.3, 0.4) is 0 Å². The van der Waals surface area contributed by atoms with Gasteiger partial charge in [-0.05, 0) is 29.8 Å². The number of benzene rings is 1. The molecular weight excluding hydrogens is 437 g/mol. The fourth-order valence-corrected chi connectivity index (χ4v) is 5.03. The number of amides is 4. The van der Waals surface area contributed by atoms with Crippen LogP contribution in [0.5, 0.6) is 0 Å². The zero-order chi connectivity index (χ0) is 22.8. The van der Waals surface area contributed by atoms with Crippen molar-refractivity contribution in [2.24, 2.45) is 5.92 Å². The Kier molecular flexibility index (Phi) is 6.49. The van der Waals surface area contributed by atoms with Crippen LogP contribution >= 0.6 is 11.8 Å². The Labute approximate surface area is 188 Å². The largest absolute Gasteiger partial charge is 0.467 e. The Hall–Kier alpha value is -2.89. The summed E-state index contributed by atoms with van der Waals surface area (Å²) in [7, 11) is 3.05.